The molecule has 1 fully saturated rings. The molecule has 1 saturated heterocycles. The Morgan fingerprint density at radius 3 is 2.11 bits per heavy atom. The number of hydrogen-bond donors (Lipinski definition) is 0. The SMILES string of the molecule is O=C(c1cnc(Cl)c(Cl)c1)N1CCN(S(=O)(=O)c2c(Cl)cccc2Cl)CC1. The van der Waals surface area contributed by atoms with Gasteiger partial charge in [0.15, 0.2) is 0 Å². The third kappa shape index (κ3) is 4.18. The van der Waals surface area contributed by atoms with E-state index in [9.17, 15) is 13.2 Å². The molecule has 0 saturated carbocycles. The largest absolute Gasteiger partial charge is 0.336 e. The van der Waals surface area contributed by atoms with Crippen LogP contribution in [0.5, 0.6) is 0 Å². The smallest absolute Gasteiger partial charge is 0.255 e. The average Bonchev–Trinajstić information content (AvgIpc) is 2.63. The molecule has 0 aliphatic carbocycles. The Bertz CT molecular complexity index is 972. The van der Waals surface area contributed by atoms with E-state index in [1.807, 2.05) is 0 Å². The number of sulfonamides is 1. The number of benzene rings is 1. The number of pyridine rings is 1. The third-order valence-corrected chi connectivity index (χ3v) is 7.63. The second-order valence-corrected chi connectivity index (χ2v) is 9.20. The van der Waals surface area contributed by atoms with E-state index in [2.05, 4.69) is 4.98 Å². The van der Waals surface area contributed by atoms with E-state index in [1.54, 1.807) is 6.07 Å². The highest BCUT2D eigenvalue weighted by atomic mass is 35.5. The van der Waals surface area contributed by atoms with Crippen LogP contribution in [0.3, 0.4) is 0 Å². The molecular weight excluding hydrogens is 456 g/mol. The maximum absolute atomic E-state index is 12.9. The van der Waals surface area contributed by atoms with Gasteiger partial charge in [0, 0.05) is 32.4 Å². The minimum atomic E-state index is -3.87. The van der Waals surface area contributed by atoms with Crippen LogP contribution in [0.4, 0.5) is 0 Å². The van der Waals surface area contributed by atoms with Crippen LogP contribution in [0, 0.1) is 0 Å². The van der Waals surface area contributed by atoms with E-state index in [-0.39, 0.29) is 62.8 Å². The molecule has 1 aromatic heterocycles. The van der Waals surface area contributed by atoms with E-state index >= 15 is 0 Å². The van der Waals surface area contributed by atoms with Gasteiger partial charge in [0.25, 0.3) is 5.91 Å². The van der Waals surface area contributed by atoms with Crippen molar-refractivity contribution in [2.24, 2.45) is 0 Å². The summed E-state index contributed by atoms with van der Waals surface area (Å²) >= 11 is 23.7. The zero-order valence-electron chi connectivity index (χ0n) is 13.7. The average molecular weight is 469 g/mol. The van der Waals surface area contributed by atoms with Crippen molar-refractivity contribution >= 4 is 62.3 Å². The van der Waals surface area contributed by atoms with Crippen molar-refractivity contribution in [1.29, 1.82) is 0 Å². The number of piperazine rings is 1. The van der Waals surface area contributed by atoms with E-state index < -0.39 is 10.0 Å². The Kier molecular flexibility index (Phi) is 6.20. The second-order valence-electron chi connectivity index (χ2n) is 5.74. The standard InChI is InChI=1S/C16H13Cl4N3O3S/c17-11-2-1-3-12(18)14(11)27(25,26)23-6-4-22(5-7-23)16(24)10-8-13(19)15(20)21-9-10/h1-3,8-9H,4-7H2. The van der Waals surface area contributed by atoms with Crippen molar-refractivity contribution in [3.63, 3.8) is 0 Å². The molecule has 1 aromatic carbocycles. The summed E-state index contributed by atoms with van der Waals surface area (Å²) in [5.74, 6) is -0.297. The topological polar surface area (TPSA) is 70.6 Å². The third-order valence-electron chi connectivity index (χ3n) is 4.09. The number of halogens is 4. The predicted molar refractivity (Wildman–Crippen MR) is 105 cm³/mol. The van der Waals surface area contributed by atoms with Gasteiger partial charge in [-0.3, -0.25) is 4.79 Å². The Hall–Kier alpha value is -1.09. The van der Waals surface area contributed by atoms with Crippen LogP contribution < -0.4 is 0 Å². The van der Waals surface area contributed by atoms with Crippen LogP contribution >= 0.6 is 46.4 Å². The minimum Gasteiger partial charge on any atom is -0.336 e. The normalized spacial score (nSPS) is 15.8. The molecule has 144 valence electrons. The van der Waals surface area contributed by atoms with Crippen LogP contribution in [0.1, 0.15) is 10.4 Å². The predicted octanol–water partition coefficient (Wildman–Crippen LogP) is 3.84. The summed E-state index contributed by atoms with van der Waals surface area (Å²) in [6, 6.07) is 5.95. The first kappa shape index (κ1) is 20.6. The summed E-state index contributed by atoms with van der Waals surface area (Å²) in [5, 5.41) is 0.406. The molecule has 2 aromatic rings. The summed E-state index contributed by atoms with van der Waals surface area (Å²) in [5.41, 5.74) is 0.287. The fourth-order valence-corrected chi connectivity index (χ4v) is 5.49. The van der Waals surface area contributed by atoms with Crippen LogP contribution in [0.15, 0.2) is 35.4 Å². The molecule has 1 aliphatic heterocycles. The Balaban J connectivity index is 1.75. The zero-order chi connectivity index (χ0) is 19.8. The quantitative estimate of drug-likeness (QED) is 0.641. The first-order valence-electron chi connectivity index (χ1n) is 7.76. The molecule has 11 heteroatoms. The Morgan fingerprint density at radius 2 is 1.56 bits per heavy atom. The van der Waals surface area contributed by atoms with Crippen LogP contribution in [0.2, 0.25) is 20.2 Å². The number of rotatable bonds is 3. The van der Waals surface area contributed by atoms with E-state index in [0.29, 0.717) is 0 Å². The van der Waals surface area contributed by atoms with Gasteiger partial charge in [0.1, 0.15) is 10.0 Å². The van der Waals surface area contributed by atoms with E-state index in [4.69, 9.17) is 46.4 Å². The Labute approximate surface area is 176 Å². The minimum absolute atomic E-state index is 0.0582. The molecule has 0 N–H and O–H groups in total. The lowest BCUT2D eigenvalue weighted by Gasteiger charge is -2.34. The maximum Gasteiger partial charge on any atom is 0.255 e. The number of carbonyl (C=O) groups is 1. The van der Waals surface area contributed by atoms with Crippen LogP contribution in [-0.2, 0) is 10.0 Å². The summed E-state index contributed by atoms with van der Waals surface area (Å²) in [6.45, 7) is 0.648. The van der Waals surface area contributed by atoms with E-state index in [0.717, 1.165) is 0 Å². The Morgan fingerprint density at radius 1 is 0.963 bits per heavy atom. The van der Waals surface area contributed by atoms with Gasteiger partial charge in [-0.15, -0.1) is 0 Å². The molecule has 27 heavy (non-hydrogen) atoms. The van der Waals surface area contributed by atoms with Gasteiger partial charge in [-0.25, -0.2) is 13.4 Å². The van der Waals surface area contributed by atoms with Gasteiger partial charge >= 0.3 is 0 Å². The van der Waals surface area contributed by atoms with Crippen LogP contribution in [-0.4, -0.2) is 54.7 Å². The van der Waals surface area contributed by atoms with Crippen molar-refractivity contribution in [2.45, 2.75) is 4.90 Å². The highest BCUT2D eigenvalue weighted by Crippen LogP contribution is 2.32. The number of aromatic nitrogens is 1. The molecule has 6 nitrogen and oxygen atoms in total. The highest BCUT2D eigenvalue weighted by Gasteiger charge is 2.33. The van der Waals surface area contributed by atoms with Crippen molar-refractivity contribution in [3.8, 4) is 0 Å². The molecule has 0 unspecified atom stereocenters. The molecular formula is C16H13Cl4N3O3S. The van der Waals surface area contributed by atoms with Crippen LogP contribution in [0.25, 0.3) is 0 Å². The summed E-state index contributed by atoms with van der Waals surface area (Å²) < 4.78 is 27.0. The molecule has 0 atom stereocenters. The zero-order valence-corrected chi connectivity index (χ0v) is 17.5. The van der Waals surface area contributed by atoms with Gasteiger partial charge in [-0.1, -0.05) is 52.5 Å². The molecule has 0 bridgehead atoms. The maximum atomic E-state index is 12.9. The van der Waals surface area contributed by atoms with Gasteiger partial charge < -0.3 is 4.90 Å². The summed E-state index contributed by atoms with van der Waals surface area (Å²) in [6.07, 6.45) is 1.34. The van der Waals surface area contributed by atoms with Gasteiger partial charge in [-0.05, 0) is 18.2 Å². The second kappa shape index (κ2) is 8.11. The van der Waals surface area contributed by atoms with Crippen molar-refractivity contribution in [1.82, 2.24) is 14.2 Å². The molecule has 1 aliphatic rings. The first-order chi connectivity index (χ1) is 12.7. The highest BCUT2D eigenvalue weighted by molar-refractivity contribution is 7.89. The lowest BCUT2D eigenvalue weighted by Crippen LogP contribution is -2.50. The molecule has 1 amide bonds. The van der Waals surface area contributed by atoms with Crippen molar-refractivity contribution in [2.75, 3.05) is 26.2 Å². The number of nitrogens with zero attached hydrogens (tertiary/aromatic N) is 3. The molecule has 0 spiro atoms. The van der Waals surface area contributed by atoms with Crippen molar-refractivity contribution < 1.29 is 13.2 Å². The number of carbonyl (C=O) groups excluding carboxylic acids is 1. The number of hydrogen-bond acceptors (Lipinski definition) is 4. The molecule has 2 heterocycles. The van der Waals surface area contributed by atoms with Gasteiger partial charge in [0.2, 0.25) is 10.0 Å². The first-order valence-corrected chi connectivity index (χ1v) is 10.7. The lowest BCUT2D eigenvalue weighted by atomic mass is 10.2. The monoisotopic (exact) mass is 467 g/mol. The number of amides is 1. The summed E-state index contributed by atoms with van der Waals surface area (Å²) in [7, 11) is -3.87. The summed E-state index contributed by atoms with van der Waals surface area (Å²) in [4.78, 5) is 17.8. The molecule has 3 rings (SSSR count). The van der Waals surface area contributed by atoms with Gasteiger partial charge in [-0.2, -0.15) is 4.31 Å². The van der Waals surface area contributed by atoms with Crippen molar-refractivity contribution in [3.05, 3.63) is 56.2 Å². The molecule has 0 radical (unpaired) electrons. The lowest BCUT2D eigenvalue weighted by molar-refractivity contribution is 0.0697. The van der Waals surface area contributed by atoms with Gasteiger partial charge in [0.05, 0.1) is 20.6 Å². The van der Waals surface area contributed by atoms with E-state index in [1.165, 1.54) is 33.6 Å². The fraction of sp³-hybridized carbons (Fsp3) is 0.250. The fourth-order valence-electron chi connectivity index (χ4n) is 2.71.